The first-order valence-corrected chi connectivity index (χ1v) is 13.1. The molecule has 1 spiro atoms. The second-order valence-corrected chi connectivity index (χ2v) is 11.4. The molecule has 0 unspecified atom stereocenters. The third-order valence-electron chi connectivity index (χ3n) is 7.35. The predicted octanol–water partition coefficient (Wildman–Crippen LogP) is 3.60. The Morgan fingerprint density at radius 1 is 1.18 bits per heavy atom. The summed E-state index contributed by atoms with van der Waals surface area (Å²) in [5.41, 5.74) is 2.19. The SMILES string of the molecule is Cc1cn2cc(NC(=O)N3CCc4c(N5CCN(C(=O)OC(C)(C)C)C6(COC6)C5)ccnc43)c(F)cc2n1. The molecule has 0 aliphatic carbocycles. The van der Waals surface area contributed by atoms with Crippen molar-refractivity contribution < 1.29 is 23.5 Å². The summed E-state index contributed by atoms with van der Waals surface area (Å²) >= 11 is 0. The van der Waals surface area contributed by atoms with E-state index in [1.807, 2.05) is 33.8 Å². The molecule has 1 N–H and O–H groups in total. The van der Waals surface area contributed by atoms with Crippen LogP contribution in [0.1, 0.15) is 32.0 Å². The number of fused-ring (bicyclic) bond motifs is 2. The van der Waals surface area contributed by atoms with Gasteiger partial charge in [0.05, 0.1) is 24.6 Å². The van der Waals surface area contributed by atoms with E-state index in [1.54, 1.807) is 26.6 Å². The van der Waals surface area contributed by atoms with Crippen LogP contribution in [-0.2, 0) is 15.9 Å². The second kappa shape index (κ2) is 9.08. The molecule has 3 aliphatic rings. The maximum atomic E-state index is 14.7. The van der Waals surface area contributed by atoms with Crippen LogP contribution in [0.3, 0.4) is 0 Å². The Labute approximate surface area is 225 Å². The quantitative estimate of drug-likeness (QED) is 0.533. The van der Waals surface area contributed by atoms with Crippen LogP contribution in [-0.4, -0.2) is 81.9 Å². The van der Waals surface area contributed by atoms with Crippen molar-refractivity contribution >= 4 is 35.0 Å². The molecule has 11 nitrogen and oxygen atoms in total. The van der Waals surface area contributed by atoms with E-state index in [0.29, 0.717) is 57.3 Å². The van der Waals surface area contributed by atoms with E-state index in [4.69, 9.17) is 9.47 Å². The predicted molar refractivity (Wildman–Crippen MR) is 143 cm³/mol. The van der Waals surface area contributed by atoms with Crippen molar-refractivity contribution in [2.45, 2.75) is 45.3 Å². The van der Waals surface area contributed by atoms with Crippen molar-refractivity contribution in [2.24, 2.45) is 0 Å². The number of nitrogens with one attached hydrogen (secondary N) is 1. The molecule has 0 aromatic carbocycles. The molecule has 2 fully saturated rings. The molecule has 39 heavy (non-hydrogen) atoms. The molecule has 3 aromatic heterocycles. The van der Waals surface area contributed by atoms with Crippen LogP contribution in [0.25, 0.3) is 5.65 Å². The number of rotatable bonds is 2. The lowest BCUT2D eigenvalue weighted by Crippen LogP contribution is -2.73. The first kappa shape index (κ1) is 25.4. The topological polar surface area (TPSA) is 105 Å². The second-order valence-electron chi connectivity index (χ2n) is 11.4. The van der Waals surface area contributed by atoms with Gasteiger partial charge in [0.25, 0.3) is 0 Å². The van der Waals surface area contributed by atoms with Crippen LogP contribution in [0.15, 0.2) is 30.7 Å². The van der Waals surface area contributed by atoms with Gasteiger partial charge >= 0.3 is 12.1 Å². The van der Waals surface area contributed by atoms with Crippen LogP contribution in [0.2, 0.25) is 0 Å². The molecule has 0 atom stereocenters. The van der Waals surface area contributed by atoms with Crippen LogP contribution in [0.4, 0.5) is 31.2 Å². The zero-order valence-electron chi connectivity index (χ0n) is 22.5. The lowest BCUT2D eigenvalue weighted by Gasteiger charge is -2.55. The summed E-state index contributed by atoms with van der Waals surface area (Å²) in [6, 6.07) is 2.80. The Hall–Kier alpha value is -3.93. The average molecular weight is 538 g/mol. The number of aryl methyl sites for hydroxylation is 1. The van der Waals surface area contributed by atoms with Crippen molar-refractivity contribution in [1.82, 2.24) is 19.3 Å². The number of halogens is 1. The molecule has 3 aliphatic heterocycles. The standard InChI is InChI=1S/C27H32FN7O4/c1-17-12-33-13-20(19(28)11-22(33)30-17)31-24(36)34-8-6-18-21(5-7-29-23(18)34)32-9-10-35(25(37)39-26(2,3)4)27(14-32)15-38-16-27/h5,7,11-13H,6,8-10,14-16H2,1-4H3,(H,31,36). The molecular formula is C27H32FN7O4. The van der Waals surface area contributed by atoms with Crippen molar-refractivity contribution in [2.75, 3.05) is 54.5 Å². The fourth-order valence-corrected chi connectivity index (χ4v) is 5.55. The van der Waals surface area contributed by atoms with Gasteiger partial charge in [-0.05, 0) is 40.2 Å². The number of aromatic nitrogens is 3. The Bertz CT molecular complexity index is 1460. The van der Waals surface area contributed by atoms with E-state index in [0.717, 1.165) is 16.9 Å². The number of amides is 3. The van der Waals surface area contributed by atoms with Crippen LogP contribution >= 0.6 is 0 Å². The molecule has 2 saturated heterocycles. The minimum atomic E-state index is -0.581. The van der Waals surface area contributed by atoms with Crippen molar-refractivity contribution in [3.05, 3.63) is 47.8 Å². The minimum Gasteiger partial charge on any atom is -0.444 e. The molecule has 12 heteroatoms. The number of carbonyl (C=O) groups excluding carboxylic acids is 2. The number of pyridine rings is 2. The van der Waals surface area contributed by atoms with Gasteiger partial charge in [0, 0.05) is 62.1 Å². The number of piperazine rings is 1. The van der Waals surface area contributed by atoms with Gasteiger partial charge in [-0.15, -0.1) is 0 Å². The van der Waals surface area contributed by atoms with E-state index in [2.05, 4.69) is 20.2 Å². The first-order chi connectivity index (χ1) is 18.5. The third kappa shape index (κ3) is 4.52. The highest BCUT2D eigenvalue weighted by Gasteiger charge is 2.51. The molecule has 0 saturated carbocycles. The van der Waals surface area contributed by atoms with Gasteiger partial charge in [0.15, 0.2) is 5.82 Å². The Balaban J connectivity index is 1.21. The average Bonchev–Trinajstić information content (AvgIpc) is 3.44. The fourth-order valence-electron chi connectivity index (χ4n) is 5.55. The van der Waals surface area contributed by atoms with E-state index in [-0.39, 0.29) is 11.8 Å². The number of nitrogens with zero attached hydrogens (tertiary/aromatic N) is 6. The largest absolute Gasteiger partial charge is 0.444 e. The summed E-state index contributed by atoms with van der Waals surface area (Å²) in [5.74, 6) is -0.00287. The number of carbonyl (C=O) groups is 2. The van der Waals surface area contributed by atoms with Gasteiger partial charge in [-0.1, -0.05) is 0 Å². The molecule has 6 rings (SSSR count). The Morgan fingerprint density at radius 2 is 1.97 bits per heavy atom. The highest BCUT2D eigenvalue weighted by Crippen LogP contribution is 2.38. The van der Waals surface area contributed by atoms with E-state index in [1.165, 1.54) is 12.3 Å². The van der Waals surface area contributed by atoms with Gasteiger partial charge in [-0.3, -0.25) is 9.80 Å². The normalized spacial score (nSPS) is 18.3. The Morgan fingerprint density at radius 3 is 2.69 bits per heavy atom. The van der Waals surface area contributed by atoms with Crippen molar-refractivity contribution in [3.63, 3.8) is 0 Å². The zero-order chi connectivity index (χ0) is 27.5. The number of urea groups is 1. The summed E-state index contributed by atoms with van der Waals surface area (Å²) in [6.45, 7) is 10.4. The van der Waals surface area contributed by atoms with E-state index >= 15 is 0 Å². The molecule has 3 aromatic rings. The number of imidazole rings is 1. The third-order valence-corrected chi connectivity index (χ3v) is 7.35. The summed E-state index contributed by atoms with van der Waals surface area (Å²) < 4.78 is 27.6. The van der Waals surface area contributed by atoms with Crippen LogP contribution < -0.4 is 15.1 Å². The molecule has 3 amide bonds. The molecule has 206 valence electrons. The number of hydrogen-bond donors (Lipinski definition) is 1. The highest BCUT2D eigenvalue weighted by atomic mass is 19.1. The van der Waals surface area contributed by atoms with Gasteiger partial charge < -0.3 is 24.1 Å². The summed E-state index contributed by atoms with van der Waals surface area (Å²) in [7, 11) is 0. The molecule has 0 radical (unpaired) electrons. The Kier molecular flexibility index (Phi) is 5.90. The molecule has 0 bridgehead atoms. The van der Waals surface area contributed by atoms with Crippen LogP contribution in [0, 0.1) is 12.7 Å². The summed E-state index contributed by atoms with van der Waals surface area (Å²) in [6.07, 6.45) is 5.26. The number of ether oxygens (including phenoxy) is 2. The maximum Gasteiger partial charge on any atom is 0.411 e. The zero-order valence-corrected chi connectivity index (χ0v) is 22.5. The van der Waals surface area contributed by atoms with Crippen LogP contribution in [0.5, 0.6) is 0 Å². The number of anilines is 3. The minimum absolute atomic E-state index is 0.0692. The highest BCUT2D eigenvalue weighted by molar-refractivity contribution is 6.03. The number of hydrogen-bond acceptors (Lipinski definition) is 7. The van der Waals surface area contributed by atoms with Gasteiger partial charge in [-0.2, -0.15) is 0 Å². The van der Waals surface area contributed by atoms with Crippen molar-refractivity contribution in [3.8, 4) is 0 Å². The van der Waals surface area contributed by atoms with Gasteiger partial charge in [0.2, 0.25) is 0 Å². The van der Waals surface area contributed by atoms with E-state index < -0.39 is 23.0 Å². The first-order valence-electron chi connectivity index (χ1n) is 13.1. The van der Waals surface area contributed by atoms with Crippen molar-refractivity contribution in [1.29, 1.82) is 0 Å². The van der Waals surface area contributed by atoms with Gasteiger partial charge in [0.1, 0.15) is 22.6 Å². The van der Waals surface area contributed by atoms with E-state index in [9.17, 15) is 14.0 Å². The lowest BCUT2D eigenvalue weighted by molar-refractivity contribution is -0.138. The molecule has 6 heterocycles. The lowest BCUT2D eigenvalue weighted by atomic mass is 9.91. The monoisotopic (exact) mass is 537 g/mol. The maximum absolute atomic E-state index is 14.7. The summed E-state index contributed by atoms with van der Waals surface area (Å²) in [4.78, 5) is 40.5. The smallest absolute Gasteiger partial charge is 0.411 e. The summed E-state index contributed by atoms with van der Waals surface area (Å²) in [5, 5.41) is 2.70. The molecular weight excluding hydrogens is 505 g/mol. The fraction of sp³-hybridized carbons (Fsp3) is 0.481. The van der Waals surface area contributed by atoms with Gasteiger partial charge in [-0.25, -0.2) is 23.9 Å².